The van der Waals surface area contributed by atoms with Crippen LogP contribution in [-0.2, 0) is 19.5 Å². The third-order valence-electron chi connectivity index (χ3n) is 4.44. The maximum atomic E-state index is 12.7. The van der Waals surface area contributed by atoms with Crippen LogP contribution in [0.5, 0.6) is 0 Å². The van der Waals surface area contributed by atoms with E-state index >= 15 is 0 Å². The van der Waals surface area contributed by atoms with Crippen molar-refractivity contribution in [3.8, 4) is 11.3 Å². The van der Waals surface area contributed by atoms with E-state index in [0.717, 1.165) is 28.9 Å². The summed E-state index contributed by atoms with van der Waals surface area (Å²) in [5, 5.41) is 15.0. The maximum absolute atomic E-state index is 12.7. The van der Waals surface area contributed by atoms with Gasteiger partial charge in [-0.3, -0.25) is 20.1 Å². The van der Waals surface area contributed by atoms with Gasteiger partial charge in [0.2, 0.25) is 0 Å². The van der Waals surface area contributed by atoms with Crippen molar-refractivity contribution >= 4 is 23.4 Å². The van der Waals surface area contributed by atoms with Gasteiger partial charge in [0.1, 0.15) is 5.02 Å². The Kier molecular flexibility index (Phi) is 4.34. The van der Waals surface area contributed by atoms with Gasteiger partial charge in [-0.1, -0.05) is 11.6 Å². The Labute approximate surface area is 155 Å². The van der Waals surface area contributed by atoms with Crippen LogP contribution in [0.25, 0.3) is 11.3 Å². The molecule has 2 amide bonds. The molecule has 0 aliphatic carbocycles. The number of urea groups is 1. The second-order valence-corrected chi connectivity index (χ2v) is 6.46. The molecule has 1 aliphatic heterocycles. The number of aromatic amines is 1. The van der Waals surface area contributed by atoms with Crippen molar-refractivity contribution in [2.24, 2.45) is 0 Å². The highest BCUT2D eigenvalue weighted by molar-refractivity contribution is 6.33. The van der Waals surface area contributed by atoms with Gasteiger partial charge in [-0.25, -0.2) is 4.79 Å². The Balaban J connectivity index is 1.53. The number of pyridine rings is 1. The molecule has 26 heavy (non-hydrogen) atoms. The molecule has 8 nitrogen and oxygen atoms in total. The Morgan fingerprint density at radius 2 is 2.19 bits per heavy atom. The number of amides is 2. The van der Waals surface area contributed by atoms with Crippen LogP contribution < -0.4 is 5.32 Å². The summed E-state index contributed by atoms with van der Waals surface area (Å²) in [5.74, 6) is 0.380. The van der Waals surface area contributed by atoms with Gasteiger partial charge < -0.3 is 4.90 Å². The fourth-order valence-corrected chi connectivity index (χ4v) is 3.24. The number of aromatic nitrogens is 5. The van der Waals surface area contributed by atoms with E-state index in [1.54, 1.807) is 28.2 Å². The van der Waals surface area contributed by atoms with Gasteiger partial charge in [0, 0.05) is 54.9 Å². The molecule has 0 saturated heterocycles. The van der Waals surface area contributed by atoms with Crippen molar-refractivity contribution in [2.75, 3.05) is 11.9 Å². The Morgan fingerprint density at radius 1 is 1.38 bits per heavy atom. The van der Waals surface area contributed by atoms with Crippen LogP contribution in [0.2, 0.25) is 5.02 Å². The summed E-state index contributed by atoms with van der Waals surface area (Å²) in [7, 11) is 0. The monoisotopic (exact) mass is 371 g/mol. The van der Waals surface area contributed by atoms with Crippen molar-refractivity contribution < 1.29 is 4.79 Å². The molecule has 1 aliphatic rings. The molecule has 134 valence electrons. The smallest absolute Gasteiger partial charge is 0.320 e. The van der Waals surface area contributed by atoms with E-state index in [2.05, 4.69) is 25.6 Å². The highest BCUT2D eigenvalue weighted by Crippen LogP contribution is 2.28. The number of hydrogen-bond acceptors (Lipinski definition) is 4. The SMILES string of the molecule is CCn1cc(Cl)c(NC(=O)N2CCc3[nH]nc(-c4ccncc4)c3C2)n1. The second-order valence-electron chi connectivity index (χ2n) is 6.05. The van der Waals surface area contributed by atoms with Gasteiger partial charge in [-0.15, -0.1) is 0 Å². The number of carbonyl (C=O) groups is 1. The zero-order valence-electron chi connectivity index (χ0n) is 14.2. The van der Waals surface area contributed by atoms with E-state index in [1.807, 2.05) is 19.1 Å². The quantitative estimate of drug-likeness (QED) is 0.740. The van der Waals surface area contributed by atoms with E-state index in [1.165, 1.54) is 0 Å². The molecule has 3 aromatic rings. The summed E-state index contributed by atoms with van der Waals surface area (Å²) in [6.45, 7) is 3.72. The standard InChI is InChI=1S/C17H18ClN7O/c1-2-25-10-13(18)16(23-25)20-17(26)24-8-5-14-12(9-24)15(22-21-14)11-3-6-19-7-4-11/h3-4,6-7,10H,2,5,8-9H2,1H3,(H,21,22)(H,20,23,26). The number of H-pyrrole nitrogens is 1. The minimum absolute atomic E-state index is 0.221. The number of nitrogens with zero attached hydrogens (tertiary/aromatic N) is 5. The molecule has 0 atom stereocenters. The topological polar surface area (TPSA) is 91.7 Å². The number of carbonyl (C=O) groups excluding carboxylic acids is 1. The Morgan fingerprint density at radius 3 is 2.92 bits per heavy atom. The Bertz CT molecular complexity index is 934. The van der Waals surface area contributed by atoms with E-state index in [9.17, 15) is 4.79 Å². The maximum Gasteiger partial charge on any atom is 0.323 e. The van der Waals surface area contributed by atoms with Crippen molar-refractivity contribution in [3.05, 3.63) is 47.0 Å². The first-order valence-corrected chi connectivity index (χ1v) is 8.79. The molecule has 3 aromatic heterocycles. The lowest BCUT2D eigenvalue weighted by molar-refractivity contribution is 0.206. The number of rotatable bonds is 3. The van der Waals surface area contributed by atoms with E-state index in [4.69, 9.17) is 11.6 Å². The van der Waals surface area contributed by atoms with Crippen molar-refractivity contribution in [1.82, 2.24) is 29.9 Å². The van der Waals surface area contributed by atoms with Crippen LogP contribution in [0.15, 0.2) is 30.7 Å². The normalized spacial score (nSPS) is 13.5. The van der Waals surface area contributed by atoms with E-state index in [-0.39, 0.29) is 6.03 Å². The average Bonchev–Trinajstić information content (AvgIpc) is 3.25. The molecule has 0 unspecified atom stereocenters. The lowest BCUT2D eigenvalue weighted by Crippen LogP contribution is -2.39. The molecule has 4 heterocycles. The van der Waals surface area contributed by atoms with Crippen molar-refractivity contribution in [2.45, 2.75) is 26.4 Å². The summed E-state index contributed by atoms with van der Waals surface area (Å²) in [4.78, 5) is 18.4. The number of halogens is 1. The first-order chi connectivity index (χ1) is 12.7. The lowest BCUT2D eigenvalue weighted by Gasteiger charge is -2.27. The van der Waals surface area contributed by atoms with Gasteiger partial charge in [-0.05, 0) is 19.1 Å². The number of anilines is 1. The molecule has 0 radical (unpaired) electrons. The first kappa shape index (κ1) is 16.6. The third-order valence-corrected chi connectivity index (χ3v) is 4.72. The zero-order chi connectivity index (χ0) is 18.1. The fraction of sp³-hybridized carbons (Fsp3) is 0.294. The molecule has 0 aromatic carbocycles. The number of nitrogens with one attached hydrogen (secondary N) is 2. The minimum atomic E-state index is -0.221. The highest BCUT2D eigenvalue weighted by atomic mass is 35.5. The van der Waals surface area contributed by atoms with Gasteiger partial charge in [-0.2, -0.15) is 10.2 Å². The van der Waals surface area contributed by atoms with Gasteiger partial charge in [0.05, 0.1) is 12.2 Å². The van der Waals surface area contributed by atoms with Gasteiger partial charge in [0.15, 0.2) is 5.82 Å². The molecule has 0 fully saturated rings. The van der Waals surface area contributed by atoms with Gasteiger partial charge in [0.25, 0.3) is 0 Å². The summed E-state index contributed by atoms with van der Waals surface area (Å²) in [5.41, 5.74) is 3.93. The molecule has 0 saturated carbocycles. The molecular formula is C17H18ClN7O. The number of fused-ring (bicyclic) bond motifs is 1. The molecule has 9 heteroatoms. The highest BCUT2D eigenvalue weighted by Gasteiger charge is 2.26. The van der Waals surface area contributed by atoms with Gasteiger partial charge >= 0.3 is 6.03 Å². The first-order valence-electron chi connectivity index (χ1n) is 8.41. The summed E-state index contributed by atoms with van der Waals surface area (Å²) < 4.78 is 1.68. The lowest BCUT2D eigenvalue weighted by atomic mass is 10.0. The van der Waals surface area contributed by atoms with Crippen LogP contribution in [-0.4, -0.2) is 42.4 Å². The molecular weight excluding hydrogens is 354 g/mol. The van der Waals surface area contributed by atoms with E-state index in [0.29, 0.717) is 30.5 Å². The fourth-order valence-electron chi connectivity index (χ4n) is 3.04. The summed E-state index contributed by atoms with van der Waals surface area (Å²) >= 11 is 6.14. The van der Waals surface area contributed by atoms with Crippen LogP contribution >= 0.6 is 11.6 Å². The zero-order valence-corrected chi connectivity index (χ0v) is 15.0. The summed E-state index contributed by atoms with van der Waals surface area (Å²) in [6, 6.07) is 3.60. The van der Waals surface area contributed by atoms with Crippen LogP contribution in [0.3, 0.4) is 0 Å². The molecule has 0 bridgehead atoms. The van der Waals surface area contributed by atoms with Crippen LogP contribution in [0.4, 0.5) is 10.6 Å². The van der Waals surface area contributed by atoms with Crippen molar-refractivity contribution in [3.63, 3.8) is 0 Å². The summed E-state index contributed by atoms with van der Waals surface area (Å²) in [6.07, 6.45) is 5.88. The average molecular weight is 372 g/mol. The number of aryl methyl sites for hydroxylation is 1. The van der Waals surface area contributed by atoms with Crippen LogP contribution in [0.1, 0.15) is 18.2 Å². The number of hydrogen-bond donors (Lipinski definition) is 2. The third kappa shape index (κ3) is 3.03. The predicted octanol–water partition coefficient (Wildman–Crippen LogP) is 2.93. The van der Waals surface area contributed by atoms with Crippen molar-refractivity contribution in [1.29, 1.82) is 0 Å². The predicted molar refractivity (Wildman–Crippen MR) is 97.9 cm³/mol. The molecule has 4 rings (SSSR count). The largest absolute Gasteiger partial charge is 0.323 e. The van der Waals surface area contributed by atoms with Crippen LogP contribution in [0, 0.1) is 0 Å². The molecule has 2 N–H and O–H groups in total. The Hall–Kier alpha value is -2.87. The molecule has 0 spiro atoms. The minimum Gasteiger partial charge on any atom is -0.320 e. The second kappa shape index (κ2) is 6.80. The van der Waals surface area contributed by atoms with E-state index < -0.39 is 0 Å².